The summed E-state index contributed by atoms with van der Waals surface area (Å²) in [6.45, 7) is 5.67. The number of carbonyl (C=O) groups is 2. The van der Waals surface area contributed by atoms with E-state index in [2.05, 4.69) is 30.0 Å². The highest BCUT2D eigenvalue weighted by Crippen LogP contribution is 2.39. The number of hydrogen-bond donors (Lipinski definition) is 0. The largest absolute Gasteiger partial charge is 0.459 e. The van der Waals surface area contributed by atoms with Crippen LogP contribution in [0.4, 0.5) is 5.69 Å². The van der Waals surface area contributed by atoms with Crippen molar-refractivity contribution in [1.82, 2.24) is 9.80 Å². The molecule has 1 fully saturated rings. The van der Waals surface area contributed by atoms with E-state index in [-0.39, 0.29) is 11.8 Å². The van der Waals surface area contributed by atoms with Gasteiger partial charge >= 0.3 is 0 Å². The van der Waals surface area contributed by atoms with Crippen molar-refractivity contribution in [1.29, 1.82) is 0 Å². The predicted molar refractivity (Wildman–Crippen MR) is 110 cm³/mol. The van der Waals surface area contributed by atoms with E-state index in [0.717, 1.165) is 18.7 Å². The van der Waals surface area contributed by atoms with E-state index in [1.54, 1.807) is 17.0 Å². The first-order valence-corrected chi connectivity index (χ1v) is 10.6. The van der Waals surface area contributed by atoms with Crippen LogP contribution in [0.3, 0.4) is 0 Å². The fourth-order valence-corrected chi connectivity index (χ4v) is 4.97. The number of rotatable bonds is 4. The average molecular weight is 400 g/mol. The van der Waals surface area contributed by atoms with E-state index in [4.69, 9.17) is 4.42 Å². The Kier molecular flexibility index (Phi) is 5.62. The highest BCUT2D eigenvalue weighted by molar-refractivity contribution is 8.00. The Morgan fingerprint density at radius 3 is 2.54 bits per heavy atom. The number of para-hydroxylation sites is 1. The number of thioether (sulfide) groups is 1. The molecule has 28 heavy (non-hydrogen) atoms. The lowest BCUT2D eigenvalue weighted by Crippen LogP contribution is -2.53. The van der Waals surface area contributed by atoms with Crippen LogP contribution in [0.2, 0.25) is 0 Å². The van der Waals surface area contributed by atoms with Crippen LogP contribution in [-0.4, -0.2) is 66.1 Å². The molecule has 2 aliphatic rings. The van der Waals surface area contributed by atoms with Gasteiger partial charge in [0.15, 0.2) is 5.76 Å². The van der Waals surface area contributed by atoms with Crippen LogP contribution in [-0.2, 0) is 4.79 Å². The Morgan fingerprint density at radius 2 is 1.82 bits per heavy atom. The van der Waals surface area contributed by atoms with Crippen molar-refractivity contribution in [3.63, 3.8) is 0 Å². The number of fused-ring (bicyclic) bond motifs is 1. The van der Waals surface area contributed by atoms with Gasteiger partial charge in [0.1, 0.15) is 0 Å². The van der Waals surface area contributed by atoms with Gasteiger partial charge in [-0.25, -0.2) is 0 Å². The van der Waals surface area contributed by atoms with Crippen LogP contribution in [0.5, 0.6) is 0 Å². The fourth-order valence-electron chi connectivity index (χ4n) is 3.72. The third kappa shape index (κ3) is 3.90. The number of furan rings is 1. The van der Waals surface area contributed by atoms with Crippen molar-refractivity contribution in [2.24, 2.45) is 0 Å². The second kappa shape index (κ2) is 8.31. The van der Waals surface area contributed by atoms with Gasteiger partial charge in [-0.2, -0.15) is 0 Å². The average Bonchev–Trinajstić information content (AvgIpc) is 3.28. The molecule has 2 amide bonds. The quantitative estimate of drug-likeness (QED) is 0.791. The number of piperazine rings is 1. The van der Waals surface area contributed by atoms with Crippen LogP contribution in [0.1, 0.15) is 23.9 Å². The molecule has 0 N–H and O–H groups in total. The predicted octanol–water partition coefficient (Wildman–Crippen LogP) is 2.95. The standard InChI is InChI=1S/C21H25N3O3S/c1-2-16-14-24(17-6-3-4-8-19(17)28-16)15-20(25)22-9-11-23(12-10-22)21(26)18-7-5-13-27-18/h3-8,13,16H,2,9-12,14-15H2,1H3/t16-/m0/s1. The van der Waals surface area contributed by atoms with Gasteiger partial charge in [0.25, 0.3) is 5.91 Å². The van der Waals surface area contributed by atoms with Crippen molar-refractivity contribution in [2.75, 3.05) is 44.2 Å². The number of hydrogen-bond acceptors (Lipinski definition) is 5. The van der Waals surface area contributed by atoms with E-state index in [1.165, 1.54) is 11.2 Å². The SMILES string of the molecule is CC[C@H]1CN(CC(=O)N2CCN(C(=O)c3ccco3)CC2)c2ccccc2S1. The Balaban J connectivity index is 1.36. The summed E-state index contributed by atoms with van der Waals surface area (Å²) >= 11 is 1.91. The Hall–Kier alpha value is -2.41. The third-order valence-electron chi connectivity index (χ3n) is 5.36. The van der Waals surface area contributed by atoms with Gasteiger partial charge in [0, 0.05) is 42.9 Å². The molecule has 1 aromatic carbocycles. The summed E-state index contributed by atoms with van der Waals surface area (Å²) in [6, 6.07) is 11.7. The summed E-state index contributed by atoms with van der Waals surface area (Å²) in [7, 11) is 0. The molecule has 148 valence electrons. The molecular weight excluding hydrogens is 374 g/mol. The van der Waals surface area contributed by atoms with E-state index in [0.29, 0.717) is 43.7 Å². The highest BCUT2D eigenvalue weighted by Gasteiger charge is 2.29. The van der Waals surface area contributed by atoms with Crippen LogP contribution < -0.4 is 4.90 Å². The zero-order chi connectivity index (χ0) is 19.5. The molecule has 1 saturated heterocycles. The maximum absolute atomic E-state index is 12.9. The highest BCUT2D eigenvalue weighted by atomic mass is 32.2. The van der Waals surface area contributed by atoms with Crippen LogP contribution in [0.25, 0.3) is 0 Å². The van der Waals surface area contributed by atoms with Crippen molar-refractivity contribution in [3.05, 3.63) is 48.4 Å². The number of carbonyl (C=O) groups excluding carboxylic acids is 2. The molecular formula is C21H25N3O3S. The number of anilines is 1. The minimum absolute atomic E-state index is 0.107. The molecule has 2 aromatic rings. The van der Waals surface area contributed by atoms with Gasteiger partial charge < -0.3 is 19.1 Å². The lowest BCUT2D eigenvalue weighted by molar-refractivity contribution is -0.131. The maximum atomic E-state index is 12.9. The molecule has 0 saturated carbocycles. The van der Waals surface area contributed by atoms with Gasteiger partial charge in [-0.15, -0.1) is 11.8 Å². The molecule has 7 heteroatoms. The molecule has 0 radical (unpaired) electrons. The van der Waals surface area contributed by atoms with Gasteiger partial charge in [-0.1, -0.05) is 19.1 Å². The van der Waals surface area contributed by atoms with Crippen molar-refractivity contribution < 1.29 is 14.0 Å². The van der Waals surface area contributed by atoms with Gasteiger partial charge in [0.05, 0.1) is 18.5 Å². The van der Waals surface area contributed by atoms with Gasteiger partial charge in [-0.3, -0.25) is 9.59 Å². The van der Waals surface area contributed by atoms with Crippen LogP contribution in [0.15, 0.2) is 52.0 Å². The molecule has 2 aliphatic heterocycles. The molecule has 4 rings (SSSR count). The molecule has 0 spiro atoms. The first-order valence-electron chi connectivity index (χ1n) is 9.77. The number of benzene rings is 1. The fraction of sp³-hybridized carbons (Fsp3) is 0.429. The number of nitrogens with zero attached hydrogens (tertiary/aromatic N) is 3. The summed E-state index contributed by atoms with van der Waals surface area (Å²) < 4.78 is 5.20. The lowest BCUT2D eigenvalue weighted by Gasteiger charge is -2.38. The first-order chi connectivity index (χ1) is 13.7. The second-order valence-electron chi connectivity index (χ2n) is 7.15. The normalized spacial score (nSPS) is 19.5. The second-order valence-corrected chi connectivity index (χ2v) is 8.49. The topological polar surface area (TPSA) is 57.0 Å². The lowest BCUT2D eigenvalue weighted by atomic mass is 10.2. The van der Waals surface area contributed by atoms with E-state index >= 15 is 0 Å². The molecule has 3 heterocycles. The minimum Gasteiger partial charge on any atom is -0.459 e. The minimum atomic E-state index is -0.107. The molecule has 0 bridgehead atoms. The van der Waals surface area contributed by atoms with Crippen LogP contribution in [0, 0.1) is 0 Å². The van der Waals surface area contributed by atoms with Crippen molar-refractivity contribution in [2.45, 2.75) is 23.5 Å². The Morgan fingerprint density at radius 1 is 1.07 bits per heavy atom. The third-order valence-corrected chi connectivity index (χ3v) is 6.77. The van der Waals surface area contributed by atoms with Crippen molar-refractivity contribution in [3.8, 4) is 0 Å². The van der Waals surface area contributed by atoms with E-state index in [1.807, 2.05) is 22.7 Å². The monoisotopic (exact) mass is 399 g/mol. The van der Waals surface area contributed by atoms with E-state index in [9.17, 15) is 9.59 Å². The Bertz CT molecular complexity index is 831. The molecule has 1 aromatic heterocycles. The molecule has 6 nitrogen and oxygen atoms in total. The Labute approximate surface area is 169 Å². The smallest absolute Gasteiger partial charge is 0.289 e. The zero-order valence-electron chi connectivity index (χ0n) is 16.0. The summed E-state index contributed by atoms with van der Waals surface area (Å²) in [6.07, 6.45) is 2.59. The van der Waals surface area contributed by atoms with Gasteiger partial charge in [0.2, 0.25) is 5.91 Å². The summed E-state index contributed by atoms with van der Waals surface area (Å²) in [5.41, 5.74) is 1.15. The van der Waals surface area contributed by atoms with E-state index < -0.39 is 0 Å². The maximum Gasteiger partial charge on any atom is 0.289 e. The molecule has 0 unspecified atom stereocenters. The molecule has 1 atom stereocenters. The summed E-state index contributed by atoms with van der Waals surface area (Å²) in [5, 5.41) is 0.505. The van der Waals surface area contributed by atoms with Crippen LogP contribution >= 0.6 is 11.8 Å². The van der Waals surface area contributed by atoms with Gasteiger partial charge in [-0.05, 0) is 30.7 Å². The summed E-state index contributed by atoms with van der Waals surface area (Å²) in [5.74, 6) is 0.374. The number of amides is 2. The zero-order valence-corrected chi connectivity index (χ0v) is 16.9. The first kappa shape index (κ1) is 18.9. The molecule has 0 aliphatic carbocycles. The summed E-state index contributed by atoms with van der Waals surface area (Å²) in [4.78, 5) is 32.4. The van der Waals surface area contributed by atoms with Crippen molar-refractivity contribution >= 4 is 29.3 Å².